The van der Waals surface area contributed by atoms with E-state index < -0.39 is 0 Å². The highest BCUT2D eigenvalue weighted by Crippen LogP contribution is 2.02. The monoisotopic (exact) mass is 270 g/mol. The van der Waals surface area contributed by atoms with Crippen LogP contribution >= 0.6 is 0 Å². The third-order valence-electron chi connectivity index (χ3n) is 3.29. The van der Waals surface area contributed by atoms with Gasteiger partial charge in [-0.3, -0.25) is 4.99 Å². The van der Waals surface area contributed by atoms with E-state index in [2.05, 4.69) is 48.5 Å². The van der Waals surface area contributed by atoms with Crippen LogP contribution in [0.2, 0.25) is 0 Å². The van der Waals surface area contributed by atoms with Crippen LogP contribution in [-0.4, -0.2) is 51.1 Å². The molecule has 1 unspecified atom stereocenters. The molecule has 0 saturated carbocycles. The van der Waals surface area contributed by atoms with Crippen LogP contribution in [0.5, 0.6) is 0 Å². The van der Waals surface area contributed by atoms with Gasteiger partial charge in [-0.25, -0.2) is 0 Å². The Hall–Kier alpha value is -0.770. The molecule has 0 amide bonds. The van der Waals surface area contributed by atoms with Gasteiger partial charge in [0, 0.05) is 19.6 Å². The van der Waals surface area contributed by atoms with E-state index in [9.17, 15) is 0 Å². The van der Waals surface area contributed by atoms with Crippen LogP contribution in [0.4, 0.5) is 0 Å². The molecule has 114 valence electrons. The van der Waals surface area contributed by atoms with Gasteiger partial charge in [0.2, 0.25) is 0 Å². The molecule has 0 bridgehead atoms. The number of nitrogens with zero attached hydrogens (tertiary/aromatic N) is 2. The fourth-order valence-corrected chi connectivity index (χ4v) is 1.82. The summed E-state index contributed by atoms with van der Waals surface area (Å²) in [4.78, 5) is 6.49. The van der Waals surface area contributed by atoms with Crippen molar-refractivity contribution in [1.82, 2.24) is 15.5 Å². The summed E-state index contributed by atoms with van der Waals surface area (Å²) in [5.41, 5.74) is 0. The predicted octanol–water partition coefficient (Wildman–Crippen LogP) is 2.46. The molecular formula is C15H34N4. The molecule has 0 aliphatic carbocycles. The van der Waals surface area contributed by atoms with E-state index in [1.165, 1.54) is 38.6 Å². The Balaban J connectivity index is 3.42. The third-order valence-corrected chi connectivity index (χ3v) is 3.29. The van der Waals surface area contributed by atoms with E-state index in [0.717, 1.165) is 18.9 Å². The minimum Gasteiger partial charge on any atom is -0.356 e. The summed E-state index contributed by atoms with van der Waals surface area (Å²) >= 11 is 0. The lowest BCUT2D eigenvalue weighted by molar-refractivity contribution is 0.389. The first-order valence-electron chi connectivity index (χ1n) is 7.72. The minimum absolute atomic E-state index is 0.484. The normalized spacial score (nSPS) is 13.7. The van der Waals surface area contributed by atoms with Gasteiger partial charge < -0.3 is 15.5 Å². The maximum atomic E-state index is 4.23. The maximum absolute atomic E-state index is 4.23. The summed E-state index contributed by atoms with van der Waals surface area (Å²) in [6, 6.07) is 0.484. The Morgan fingerprint density at radius 3 is 2.32 bits per heavy atom. The number of rotatable bonds is 10. The lowest BCUT2D eigenvalue weighted by atomic mass is 10.1. The first-order valence-corrected chi connectivity index (χ1v) is 7.72. The molecule has 0 rings (SSSR count). The summed E-state index contributed by atoms with van der Waals surface area (Å²) in [6.45, 7) is 6.59. The second-order valence-corrected chi connectivity index (χ2v) is 5.52. The molecule has 0 aliphatic rings. The van der Waals surface area contributed by atoms with Crippen LogP contribution in [-0.2, 0) is 0 Å². The molecule has 19 heavy (non-hydrogen) atoms. The van der Waals surface area contributed by atoms with Gasteiger partial charge in [-0.05, 0) is 46.8 Å². The zero-order valence-electron chi connectivity index (χ0n) is 13.6. The Morgan fingerprint density at radius 1 is 1.11 bits per heavy atom. The van der Waals surface area contributed by atoms with Gasteiger partial charge >= 0.3 is 0 Å². The van der Waals surface area contributed by atoms with Crippen LogP contribution in [0.3, 0.4) is 0 Å². The maximum Gasteiger partial charge on any atom is 0.191 e. The highest BCUT2D eigenvalue weighted by Gasteiger charge is 2.01. The molecule has 0 aromatic heterocycles. The van der Waals surface area contributed by atoms with Crippen LogP contribution in [0, 0.1) is 0 Å². The minimum atomic E-state index is 0.484. The lowest BCUT2D eigenvalue weighted by Gasteiger charge is -2.16. The average Bonchev–Trinajstić information content (AvgIpc) is 2.39. The smallest absolute Gasteiger partial charge is 0.191 e. The number of aliphatic imine (C=N–C) groups is 1. The third kappa shape index (κ3) is 12.0. The van der Waals surface area contributed by atoms with Crippen molar-refractivity contribution in [2.24, 2.45) is 4.99 Å². The summed E-state index contributed by atoms with van der Waals surface area (Å²) in [5, 5.41) is 6.75. The fourth-order valence-electron chi connectivity index (χ4n) is 1.82. The zero-order valence-corrected chi connectivity index (χ0v) is 13.6. The fraction of sp³-hybridized carbons (Fsp3) is 0.933. The Kier molecular flexibility index (Phi) is 11.8. The number of guanidine groups is 1. The van der Waals surface area contributed by atoms with Crippen LogP contribution in [0.1, 0.15) is 52.4 Å². The van der Waals surface area contributed by atoms with E-state index in [4.69, 9.17) is 0 Å². The van der Waals surface area contributed by atoms with Crippen molar-refractivity contribution in [2.75, 3.05) is 34.2 Å². The Morgan fingerprint density at radius 2 is 1.74 bits per heavy atom. The zero-order chi connectivity index (χ0) is 14.5. The second-order valence-electron chi connectivity index (χ2n) is 5.52. The molecule has 4 nitrogen and oxygen atoms in total. The molecule has 0 aromatic rings. The molecule has 0 aliphatic heterocycles. The Bertz CT molecular complexity index is 226. The van der Waals surface area contributed by atoms with Crippen molar-refractivity contribution >= 4 is 5.96 Å². The topological polar surface area (TPSA) is 39.7 Å². The SMILES string of the molecule is CCC(C)NC(=NC)NCCCCCCCN(C)C. The molecule has 0 heterocycles. The van der Waals surface area contributed by atoms with Gasteiger partial charge in [0.25, 0.3) is 0 Å². The summed E-state index contributed by atoms with van der Waals surface area (Å²) in [6.07, 6.45) is 7.65. The molecule has 2 N–H and O–H groups in total. The number of unbranched alkanes of at least 4 members (excludes halogenated alkanes) is 4. The van der Waals surface area contributed by atoms with Gasteiger partial charge in [0.15, 0.2) is 5.96 Å². The summed E-state index contributed by atoms with van der Waals surface area (Å²) in [5.74, 6) is 0.932. The van der Waals surface area contributed by atoms with Crippen molar-refractivity contribution in [3.05, 3.63) is 0 Å². The van der Waals surface area contributed by atoms with Crippen molar-refractivity contribution in [3.8, 4) is 0 Å². The van der Waals surface area contributed by atoms with Crippen molar-refractivity contribution in [3.63, 3.8) is 0 Å². The lowest BCUT2D eigenvalue weighted by Crippen LogP contribution is -2.42. The van der Waals surface area contributed by atoms with Crippen LogP contribution < -0.4 is 10.6 Å². The molecule has 1 atom stereocenters. The first-order chi connectivity index (χ1) is 9.10. The van der Waals surface area contributed by atoms with E-state index >= 15 is 0 Å². The average molecular weight is 270 g/mol. The van der Waals surface area contributed by atoms with Gasteiger partial charge in [-0.2, -0.15) is 0 Å². The highest BCUT2D eigenvalue weighted by atomic mass is 15.2. The molecule has 0 radical (unpaired) electrons. The number of hydrogen-bond donors (Lipinski definition) is 2. The van der Waals surface area contributed by atoms with Gasteiger partial charge in [0.05, 0.1) is 0 Å². The van der Waals surface area contributed by atoms with Gasteiger partial charge in [0.1, 0.15) is 0 Å². The van der Waals surface area contributed by atoms with E-state index in [1.54, 1.807) is 0 Å². The summed E-state index contributed by atoms with van der Waals surface area (Å²) < 4.78 is 0. The predicted molar refractivity (Wildman–Crippen MR) is 85.9 cm³/mol. The molecule has 0 spiro atoms. The van der Waals surface area contributed by atoms with Crippen molar-refractivity contribution < 1.29 is 0 Å². The van der Waals surface area contributed by atoms with E-state index in [0.29, 0.717) is 6.04 Å². The quantitative estimate of drug-likeness (QED) is 0.364. The number of hydrogen-bond acceptors (Lipinski definition) is 2. The van der Waals surface area contributed by atoms with Crippen molar-refractivity contribution in [2.45, 2.75) is 58.4 Å². The molecule has 0 aromatic carbocycles. The first kappa shape index (κ1) is 18.2. The van der Waals surface area contributed by atoms with Crippen LogP contribution in [0.15, 0.2) is 4.99 Å². The summed E-state index contributed by atoms with van der Waals surface area (Å²) in [7, 11) is 6.11. The Labute approximate surface area is 120 Å². The van der Waals surface area contributed by atoms with E-state index in [1.807, 2.05) is 7.05 Å². The van der Waals surface area contributed by atoms with Gasteiger partial charge in [-0.1, -0.05) is 26.2 Å². The van der Waals surface area contributed by atoms with E-state index in [-0.39, 0.29) is 0 Å². The number of nitrogens with one attached hydrogen (secondary N) is 2. The largest absolute Gasteiger partial charge is 0.356 e. The van der Waals surface area contributed by atoms with Crippen molar-refractivity contribution in [1.29, 1.82) is 0 Å². The second kappa shape index (κ2) is 12.3. The molecule has 0 saturated heterocycles. The highest BCUT2D eigenvalue weighted by molar-refractivity contribution is 5.79. The van der Waals surface area contributed by atoms with Gasteiger partial charge in [-0.15, -0.1) is 0 Å². The van der Waals surface area contributed by atoms with Crippen LogP contribution in [0.25, 0.3) is 0 Å². The molecule has 0 fully saturated rings. The standard InChI is InChI=1S/C15H34N4/c1-6-14(2)18-15(16-3)17-12-10-8-7-9-11-13-19(4)5/h14H,6-13H2,1-5H3,(H2,16,17,18). The molecule has 4 heteroatoms. The molecular weight excluding hydrogens is 236 g/mol.